The second kappa shape index (κ2) is 5.01. The molecule has 1 fully saturated rings. The zero-order valence-corrected chi connectivity index (χ0v) is 9.86. The Kier molecular flexibility index (Phi) is 4.24. The van der Waals surface area contributed by atoms with E-state index >= 15 is 0 Å². The molecule has 2 nitrogen and oxygen atoms in total. The van der Waals surface area contributed by atoms with Gasteiger partial charge in [0.05, 0.1) is 0 Å². The predicted octanol–water partition coefficient (Wildman–Crippen LogP) is 2.56. The van der Waals surface area contributed by atoms with Gasteiger partial charge in [-0.05, 0) is 25.2 Å². The number of halogens is 1. The molecule has 3 heteroatoms. The van der Waals surface area contributed by atoms with Gasteiger partial charge in [0.15, 0.2) is 0 Å². The fraction of sp³-hybridized carbons (Fsp3) is 0.909. The Balaban J connectivity index is 2.09. The van der Waals surface area contributed by atoms with E-state index in [9.17, 15) is 4.79 Å². The Morgan fingerprint density at radius 3 is 2.57 bits per heavy atom. The van der Waals surface area contributed by atoms with E-state index in [4.69, 9.17) is 11.6 Å². The van der Waals surface area contributed by atoms with Gasteiger partial charge in [0.2, 0.25) is 5.91 Å². The zero-order chi connectivity index (χ0) is 10.6. The molecule has 1 saturated carbocycles. The lowest BCUT2D eigenvalue weighted by atomic mass is 10.1. The number of carbonyl (C=O) groups is 1. The van der Waals surface area contributed by atoms with E-state index in [1.165, 1.54) is 12.8 Å². The van der Waals surface area contributed by atoms with Crippen molar-refractivity contribution in [2.24, 2.45) is 11.3 Å². The minimum atomic E-state index is 0.176. The molecule has 1 amide bonds. The molecule has 0 heterocycles. The van der Waals surface area contributed by atoms with Crippen molar-refractivity contribution in [3.8, 4) is 0 Å². The summed E-state index contributed by atoms with van der Waals surface area (Å²) in [7, 11) is 0. The van der Waals surface area contributed by atoms with Crippen LogP contribution in [0.2, 0.25) is 0 Å². The van der Waals surface area contributed by atoms with Crippen LogP contribution in [0.5, 0.6) is 0 Å². The number of rotatable bonds is 6. The minimum Gasteiger partial charge on any atom is -0.356 e. The number of alkyl halides is 1. The second-order valence-corrected chi connectivity index (χ2v) is 5.11. The third kappa shape index (κ3) is 3.87. The van der Waals surface area contributed by atoms with Gasteiger partial charge in [-0.2, -0.15) is 0 Å². The average Bonchev–Trinajstić information content (AvgIpc) is 2.92. The highest BCUT2D eigenvalue weighted by molar-refractivity contribution is 6.18. The molecule has 0 bridgehead atoms. The second-order valence-electron chi connectivity index (χ2n) is 4.84. The molecule has 1 aliphatic carbocycles. The highest BCUT2D eigenvalue weighted by Crippen LogP contribution is 2.45. The van der Waals surface area contributed by atoms with Gasteiger partial charge in [0, 0.05) is 24.3 Å². The zero-order valence-electron chi connectivity index (χ0n) is 9.11. The smallest absolute Gasteiger partial charge is 0.220 e. The Morgan fingerprint density at radius 1 is 1.50 bits per heavy atom. The van der Waals surface area contributed by atoms with Gasteiger partial charge in [-0.25, -0.2) is 0 Å². The van der Waals surface area contributed by atoms with Crippen molar-refractivity contribution in [3.63, 3.8) is 0 Å². The predicted molar refractivity (Wildman–Crippen MR) is 59.5 cm³/mol. The van der Waals surface area contributed by atoms with E-state index in [2.05, 4.69) is 19.2 Å². The van der Waals surface area contributed by atoms with Crippen LogP contribution in [0, 0.1) is 11.3 Å². The average molecular weight is 218 g/mol. The standard InChI is InChI=1S/C11H20ClNO/c1-9(2)3-4-10(14)13-8-11(7-12)5-6-11/h9H,3-8H2,1-2H3,(H,13,14). The molecule has 1 rings (SSSR count). The van der Waals surface area contributed by atoms with Gasteiger partial charge >= 0.3 is 0 Å². The van der Waals surface area contributed by atoms with Crippen LogP contribution in [0.1, 0.15) is 39.5 Å². The van der Waals surface area contributed by atoms with E-state index in [0.717, 1.165) is 13.0 Å². The van der Waals surface area contributed by atoms with Crippen molar-refractivity contribution in [2.45, 2.75) is 39.5 Å². The first kappa shape index (κ1) is 11.8. The molecular weight excluding hydrogens is 198 g/mol. The van der Waals surface area contributed by atoms with Crippen LogP contribution in [0.25, 0.3) is 0 Å². The number of amides is 1. The molecule has 1 N–H and O–H groups in total. The first-order valence-corrected chi connectivity index (χ1v) is 5.94. The van der Waals surface area contributed by atoms with E-state index in [-0.39, 0.29) is 11.3 Å². The third-order valence-corrected chi connectivity index (χ3v) is 3.42. The molecule has 0 aliphatic heterocycles. The normalized spacial score (nSPS) is 18.3. The summed E-state index contributed by atoms with van der Waals surface area (Å²) < 4.78 is 0. The van der Waals surface area contributed by atoms with Gasteiger partial charge in [0.1, 0.15) is 0 Å². The van der Waals surface area contributed by atoms with Crippen LogP contribution in [0.15, 0.2) is 0 Å². The van der Waals surface area contributed by atoms with Crippen LogP contribution in [0.3, 0.4) is 0 Å². The summed E-state index contributed by atoms with van der Waals surface area (Å²) in [5.41, 5.74) is 0.245. The topological polar surface area (TPSA) is 29.1 Å². The Labute approximate surface area is 91.4 Å². The molecular formula is C11H20ClNO. The quantitative estimate of drug-likeness (QED) is 0.681. The van der Waals surface area contributed by atoms with Gasteiger partial charge in [0.25, 0.3) is 0 Å². The van der Waals surface area contributed by atoms with Crippen molar-refractivity contribution in [3.05, 3.63) is 0 Å². The summed E-state index contributed by atoms with van der Waals surface area (Å²) in [6.07, 6.45) is 3.96. The highest BCUT2D eigenvalue weighted by Gasteiger charge is 2.41. The van der Waals surface area contributed by atoms with Crippen LogP contribution in [0.4, 0.5) is 0 Å². The maximum absolute atomic E-state index is 11.4. The van der Waals surface area contributed by atoms with Gasteiger partial charge in [-0.15, -0.1) is 11.6 Å². The van der Waals surface area contributed by atoms with E-state index < -0.39 is 0 Å². The third-order valence-electron chi connectivity index (χ3n) is 2.85. The summed E-state index contributed by atoms with van der Waals surface area (Å²) in [6, 6.07) is 0. The summed E-state index contributed by atoms with van der Waals surface area (Å²) in [5, 5.41) is 2.97. The highest BCUT2D eigenvalue weighted by atomic mass is 35.5. The molecule has 0 aromatic heterocycles. The lowest BCUT2D eigenvalue weighted by Crippen LogP contribution is -2.30. The molecule has 0 spiro atoms. The molecule has 82 valence electrons. The monoisotopic (exact) mass is 217 g/mol. The SMILES string of the molecule is CC(C)CCC(=O)NCC1(CCl)CC1. The van der Waals surface area contributed by atoms with E-state index in [1.54, 1.807) is 0 Å². The van der Waals surface area contributed by atoms with Crippen LogP contribution < -0.4 is 5.32 Å². The van der Waals surface area contributed by atoms with Gasteiger partial charge in [-0.1, -0.05) is 13.8 Å². The molecule has 14 heavy (non-hydrogen) atoms. The first-order chi connectivity index (χ1) is 6.58. The lowest BCUT2D eigenvalue weighted by Gasteiger charge is -2.12. The van der Waals surface area contributed by atoms with E-state index in [0.29, 0.717) is 18.2 Å². The number of hydrogen-bond donors (Lipinski definition) is 1. The molecule has 0 saturated heterocycles. The molecule has 1 aliphatic rings. The van der Waals surface area contributed by atoms with Crippen LogP contribution >= 0.6 is 11.6 Å². The summed E-state index contributed by atoms with van der Waals surface area (Å²) in [6.45, 7) is 5.04. The molecule has 0 atom stereocenters. The number of carbonyl (C=O) groups excluding carboxylic acids is 1. The first-order valence-electron chi connectivity index (χ1n) is 5.41. The molecule has 0 radical (unpaired) electrons. The molecule has 0 aromatic rings. The minimum absolute atomic E-state index is 0.176. The Bertz CT molecular complexity index is 199. The van der Waals surface area contributed by atoms with Crippen LogP contribution in [-0.2, 0) is 4.79 Å². The van der Waals surface area contributed by atoms with Crippen LogP contribution in [-0.4, -0.2) is 18.3 Å². The number of nitrogens with one attached hydrogen (secondary N) is 1. The largest absolute Gasteiger partial charge is 0.356 e. The maximum Gasteiger partial charge on any atom is 0.220 e. The fourth-order valence-corrected chi connectivity index (χ4v) is 1.69. The van der Waals surface area contributed by atoms with E-state index in [1.807, 2.05) is 0 Å². The van der Waals surface area contributed by atoms with Crippen molar-refractivity contribution in [1.29, 1.82) is 0 Å². The van der Waals surface area contributed by atoms with Gasteiger partial charge < -0.3 is 5.32 Å². The van der Waals surface area contributed by atoms with Gasteiger partial charge in [-0.3, -0.25) is 4.79 Å². The Hall–Kier alpha value is -0.240. The lowest BCUT2D eigenvalue weighted by molar-refractivity contribution is -0.121. The Morgan fingerprint density at radius 2 is 2.14 bits per heavy atom. The van der Waals surface area contributed by atoms with Crippen molar-refractivity contribution >= 4 is 17.5 Å². The number of hydrogen-bond acceptors (Lipinski definition) is 1. The summed E-state index contributed by atoms with van der Waals surface area (Å²) >= 11 is 5.82. The molecule has 0 unspecified atom stereocenters. The summed E-state index contributed by atoms with van der Waals surface area (Å²) in [4.78, 5) is 11.4. The fourth-order valence-electron chi connectivity index (χ4n) is 1.33. The summed E-state index contributed by atoms with van der Waals surface area (Å²) in [5.74, 6) is 1.45. The molecule has 0 aromatic carbocycles. The van der Waals surface area contributed by atoms with Crippen molar-refractivity contribution in [1.82, 2.24) is 5.32 Å². The van der Waals surface area contributed by atoms with Crippen molar-refractivity contribution in [2.75, 3.05) is 12.4 Å². The van der Waals surface area contributed by atoms with Crippen molar-refractivity contribution < 1.29 is 4.79 Å². The maximum atomic E-state index is 11.4.